The van der Waals surface area contributed by atoms with Gasteiger partial charge < -0.3 is 10.2 Å². The Bertz CT molecular complexity index is 2120. The van der Waals surface area contributed by atoms with E-state index >= 15 is 0 Å². The zero-order valence-electron chi connectivity index (χ0n) is 42.8. The Labute approximate surface area is 401 Å². The van der Waals surface area contributed by atoms with Gasteiger partial charge in [-0.2, -0.15) is 0 Å². The molecule has 0 aliphatic rings. The molecule has 2 heterocycles. The highest BCUT2D eigenvalue weighted by Crippen LogP contribution is 2.27. The van der Waals surface area contributed by atoms with Crippen molar-refractivity contribution in [2.45, 2.75) is 246 Å². The average molecular weight is 895 g/mol. The van der Waals surface area contributed by atoms with E-state index in [1.807, 2.05) is 24.3 Å². The van der Waals surface area contributed by atoms with E-state index in [1.165, 1.54) is 128 Å². The number of aromatic nitrogens is 4. The van der Waals surface area contributed by atoms with Crippen LogP contribution < -0.4 is 0 Å². The quantitative estimate of drug-likeness (QED) is 0.0436. The number of hydrogen-bond acceptors (Lipinski definition) is 6. The van der Waals surface area contributed by atoms with Gasteiger partial charge in [-0.05, 0) is 103 Å². The van der Waals surface area contributed by atoms with Crippen LogP contribution in [0, 0.1) is 35.5 Å². The molecule has 0 radical (unpaired) electrons. The standard InChI is InChI=1S/C60H86N4O2/c1-9-13-17-21-25-29-33-51-53(35-31-27-23-19-15-11-3)63-57-49(43-45-59(5,6)65)41-39-47(55(57)61-51)37-38-48-40-42-50(44-46-60(7,8)66)58-56(48)62-52(34-30-26-22-18-14-10-2)54(64-58)36-32-28-24-20-16-12-4/h39-42,65-66H,9-36H2,1-8H3. The summed E-state index contributed by atoms with van der Waals surface area (Å²) < 4.78 is 0. The van der Waals surface area contributed by atoms with Crippen LogP contribution in [0.15, 0.2) is 24.3 Å². The summed E-state index contributed by atoms with van der Waals surface area (Å²) in [7, 11) is 0. The maximum atomic E-state index is 10.6. The van der Waals surface area contributed by atoms with Crippen molar-refractivity contribution in [2.24, 2.45) is 0 Å². The van der Waals surface area contributed by atoms with Crippen molar-refractivity contribution in [3.63, 3.8) is 0 Å². The Morgan fingerprint density at radius 1 is 0.333 bits per heavy atom. The second-order valence-corrected chi connectivity index (χ2v) is 19.9. The molecule has 6 heteroatoms. The topological polar surface area (TPSA) is 92.0 Å². The maximum absolute atomic E-state index is 10.6. The number of unbranched alkanes of at least 4 members (excludes halogenated alkanes) is 20. The van der Waals surface area contributed by atoms with E-state index in [2.05, 4.69) is 63.2 Å². The number of hydrogen-bond donors (Lipinski definition) is 2. The second-order valence-electron chi connectivity index (χ2n) is 19.9. The summed E-state index contributed by atoms with van der Waals surface area (Å²) in [5.41, 5.74) is 8.09. The Kier molecular flexibility index (Phi) is 24.3. The molecule has 358 valence electrons. The predicted octanol–water partition coefficient (Wildman–Crippen LogP) is 14.8. The minimum atomic E-state index is -1.15. The second kappa shape index (κ2) is 29.5. The summed E-state index contributed by atoms with van der Waals surface area (Å²) in [6, 6.07) is 8.00. The first-order valence-corrected chi connectivity index (χ1v) is 26.6. The van der Waals surface area contributed by atoms with Crippen molar-refractivity contribution in [3.8, 4) is 35.5 Å². The van der Waals surface area contributed by atoms with E-state index in [0.717, 1.165) is 118 Å². The number of nitrogens with zero attached hydrogens (tertiary/aromatic N) is 4. The van der Waals surface area contributed by atoms with Gasteiger partial charge in [-0.3, -0.25) is 0 Å². The van der Waals surface area contributed by atoms with Gasteiger partial charge in [-0.1, -0.05) is 192 Å². The first-order valence-electron chi connectivity index (χ1n) is 26.6. The fourth-order valence-electron chi connectivity index (χ4n) is 8.48. The predicted molar refractivity (Wildman–Crippen MR) is 280 cm³/mol. The van der Waals surface area contributed by atoms with Crippen molar-refractivity contribution in [3.05, 3.63) is 69.3 Å². The molecule has 0 amide bonds. The lowest BCUT2D eigenvalue weighted by molar-refractivity contribution is 0.143. The third kappa shape index (κ3) is 19.5. The van der Waals surface area contributed by atoms with Crippen molar-refractivity contribution in [2.75, 3.05) is 0 Å². The van der Waals surface area contributed by atoms with Crippen LogP contribution in [0.5, 0.6) is 0 Å². The zero-order valence-corrected chi connectivity index (χ0v) is 42.8. The van der Waals surface area contributed by atoms with Crippen molar-refractivity contribution >= 4 is 22.1 Å². The monoisotopic (exact) mass is 895 g/mol. The number of rotatable bonds is 28. The highest BCUT2D eigenvalue weighted by Gasteiger charge is 2.18. The molecular weight excluding hydrogens is 809 g/mol. The zero-order chi connectivity index (χ0) is 47.6. The SMILES string of the molecule is CCCCCCCCc1nc2c(C#Cc3ccc(C#CC(C)(C)O)c4nc(CCCCCCCC)c(CCCCCCCC)nc34)ccc(C#CC(C)(C)O)c2nc1CCCCCCCC. The van der Waals surface area contributed by atoms with Crippen LogP contribution in [0.4, 0.5) is 0 Å². The molecule has 4 rings (SSSR count). The highest BCUT2D eigenvalue weighted by molar-refractivity contribution is 5.89. The molecule has 0 saturated heterocycles. The Morgan fingerprint density at radius 2 is 0.545 bits per heavy atom. The van der Waals surface area contributed by atoms with Gasteiger partial charge in [-0.25, -0.2) is 19.9 Å². The number of aryl methyl sites for hydroxylation is 4. The molecule has 0 fully saturated rings. The molecular formula is C60H86N4O2. The molecule has 4 aromatic rings. The minimum absolute atomic E-state index is 0.744. The molecule has 2 aromatic heterocycles. The number of benzene rings is 2. The molecule has 0 saturated carbocycles. The van der Waals surface area contributed by atoms with Crippen LogP contribution in [0.25, 0.3) is 22.1 Å². The van der Waals surface area contributed by atoms with Gasteiger partial charge in [-0.15, -0.1) is 0 Å². The lowest BCUT2D eigenvalue weighted by Gasteiger charge is -2.13. The van der Waals surface area contributed by atoms with Crippen LogP contribution in [0.2, 0.25) is 0 Å². The molecule has 0 spiro atoms. The summed E-state index contributed by atoms with van der Waals surface area (Å²) in [6.45, 7) is 15.9. The van der Waals surface area contributed by atoms with Crippen LogP contribution in [0.1, 0.15) is 255 Å². The first-order chi connectivity index (χ1) is 31.9. The van der Waals surface area contributed by atoms with Gasteiger partial charge in [0, 0.05) is 0 Å². The fourth-order valence-corrected chi connectivity index (χ4v) is 8.48. The van der Waals surface area contributed by atoms with E-state index in [-0.39, 0.29) is 0 Å². The minimum Gasteiger partial charge on any atom is -0.378 e. The van der Waals surface area contributed by atoms with E-state index < -0.39 is 11.2 Å². The molecule has 0 aliphatic heterocycles. The van der Waals surface area contributed by atoms with Crippen LogP contribution in [-0.4, -0.2) is 41.4 Å². The van der Waals surface area contributed by atoms with Gasteiger partial charge >= 0.3 is 0 Å². The molecule has 0 aliphatic carbocycles. The summed E-state index contributed by atoms with van der Waals surface area (Å²) in [6.07, 6.45) is 32.9. The van der Waals surface area contributed by atoms with Gasteiger partial charge in [0.1, 0.15) is 33.3 Å². The lowest BCUT2D eigenvalue weighted by atomic mass is 10.0. The summed E-state index contributed by atoms with van der Waals surface area (Å²) in [4.78, 5) is 21.7. The Hall–Kier alpha value is -4.28. The number of aliphatic hydroxyl groups is 2. The van der Waals surface area contributed by atoms with Crippen LogP contribution >= 0.6 is 0 Å². The third-order valence-electron chi connectivity index (χ3n) is 12.4. The average Bonchev–Trinajstić information content (AvgIpc) is 3.28. The highest BCUT2D eigenvalue weighted by atomic mass is 16.3. The maximum Gasteiger partial charge on any atom is 0.120 e. The van der Waals surface area contributed by atoms with Gasteiger partial charge in [0.15, 0.2) is 0 Å². The molecule has 2 N–H and O–H groups in total. The van der Waals surface area contributed by atoms with Gasteiger partial charge in [0.25, 0.3) is 0 Å². The summed E-state index contributed by atoms with van der Waals surface area (Å²) in [5, 5.41) is 21.2. The van der Waals surface area contributed by atoms with E-state index in [0.29, 0.717) is 0 Å². The smallest absolute Gasteiger partial charge is 0.120 e. The molecule has 0 atom stereocenters. The van der Waals surface area contributed by atoms with Crippen molar-refractivity contribution in [1.29, 1.82) is 0 Å². The first kappa shape index (κ1) is 54.3. The fraction of sp³-hybridized carbons (Fsp3) is 0.633. The Balaban J connectivity index is 1.87. The normalized spacial score (nSPS) is 11.6. The van der Waals surface area contributed by atoms with Crippen molar-refractivity contribution < 1.29 is 10.2 Å². The van der Waals surface area contributed by atoms with Crippen LogP contribution in [-0.2, 0) is 25.7 Å². The van der Waals surface area contributed by atoms with E-state index in [9.17, 15) is 10.2 Å². The van der Waals surface area contributed by atoms with Crippen LogP contribution in [0.3, 0.4) is 0 Å². The van der Waals surface area contributed by atoms with Crippen molar-refractivity contribution in [1.82, 2.24) is 19.9 Å². The summed E-state index contributed by atoms with van der Waals surface area (Å²) in [5.74, 6) is 19.7. The molecule has 6 nitrogen and oxygen atoms in total. The largest absolute Gasteiger partial charge is 0.378 e. The Morgan fingerprint density at radius 3 is 0.773 bits per heavy atom. The molecule has 2 aromatic carbocycles. The molecule has 0 bridgehead atoms. The lowest BCUT2D eigenvalue weighted by Crippen LogP contribution is -2.14. The third-order valence-corrected chi connectivity index (χ3v) is 12.4. The summed E-state index contributed by atoms with van der Waals surface area (Å²) >= 11 is 0. The molecule has 0 unspecified atom stereocenters. The molecule has 66 heavy (non-hydrogen) atoms. The van der Waals surface area contributed by atoms with Gasteiger partial charge in [0.05, 0.1) is 45.0 Å². The van der Waals surface area contributed by atoms with E-state index in [1.54, 1.807) is 27.7 Å². The number of fused-ring (bicyclic) bond motifs is 2. The van der Waals surface area contributed by atoms with Gasteiger partial charge in [0.2, 0.25) is 0 Å². The van der Waals surface area contributed by atoms with E-state index in [4.69, 9.17) is 19.9 Å².